The number of carboxylic acids is 1. The van der Waals surface area contributed by atoms with Gasteiger partial charge in [0.15, 0.2) is 0 Å². The Balaban J connectivity index is 2.35. The zero-order valence-electron chi connectivity index (χ0n) is 12.6. The number of amides is 1. The van der Waals surface area contributed by atoms with Gasteiger partial charge in [-0.15, -0.1) is 0 Å². The summed E-state index contributed by atoms with van der Waals surface area (Å²) in [6, 6.07) is 0.0949. The first-order valence-electron chi connectivity index (χ1n) is 7.59. The van der Waals surface area contributed by atoms with E-state index in [1.165, 1.54) is 0 Å². The standard InChI is InChI=1S/C15H27NO4/c1-12(2)11-20-10-8-14(17)16-9-4-3-5-13(16)6-7-15(18)19/h12-13H,3-11H2,1-2H3,(H,18,19)/t13-/m0/s1. The summed E-state index contributed by atoms with van der Waals surface area (Å²) in [5.74, 6) is -0.213. The van der Waals surface area contributed by atoms with E-state index in [2.05, 4.69) is 13.8 Å². The highest BCUT2D eigenvalue weighted by molar-refractivity contribution is 5.76. The summed E-state index contributed by atoms with van der Waals surface area (Å²) in [4.78, 5) is 24.7. The molecule has 20 heavy (non-hydrogen) atoms. The van der Waals surface area contributed by atoms with Gasteiger partial charge < -0.3 is 14.7 Å². The molecule has 0 aliphatic carbocycles. The van der Waals surface area contributed by atoms with Crippen molar-refractivity contribution in [3.8, 4) is 0 Å². The first-order chi connectivity index (χ1) is 9.50. The molecule has 0 spiro atoms. The molecule has 0 aromatic carbocycles. The number of carbonyl (C=O) groups excluding carboxylic acids is 1. The molecule has 0 bridgehead atoms. The Morgan fingerprint density at radius 2 is 2.05 bits per heavy atom. The lowest BCUT2D eigenvalue weighted by atomic mass is 9.97. The van der Waals surface area contributed by atoms with Gasteiger partial charge in [-0.2, -0.15) is 0 Å². The topological polar surface area (TPSA) is 66.8 Å². The lowest BCUT2D eigenvalue weighted by molar-refractivity contribution is -0.140. The number of ether oxygens (including phenoxy) is 1. The lowest BCUT2D eigenvalue weighted by Gasteiger charge is -2.35. The highest BCUT2D eigenvalue weighted by Gasteiger charge is 2.26. The van der Waals surface area contributed by atoms with Crippen LogP contribution in [0.3, 0.4) is 0 Å². The zero-order chi connectivity index (χ0) is 15.0. The monoisotopic (exact) mass is 285 g/mol. The van der Waals surface area contributed by atoms with Gasteiger partial charge in [-0.3, -0.25) is 9.59 Å². The molecule has 0 aromatic heterocycles. The fourth-order valence-corrected chi connectivity index (χ4v) is 2.54. The van der Waals surface area contributed by atoms with Crippen LogP contribution in [0.25, 0.3) is 0 Å². The third-order valence-corrected chi connectivity index (χ3v) is 3.55. The molecule has 1 atom stereocenters. The molecule has 0 unspecified atom stereocenters. The van der Waals surface area contributed by atoms with Crippen LogP contribution in [-0.2, 0) is 14.3 Å². The number of piperidine rings is 1. The average Bonchev–Trinajstić information content (AvgIpc) is 2.41. The number of aliphatic carboxylic acids is 1. The largest absolute Gasteiger partial charge is 0.481 e. The average molecular weight is 285 g/mol. The summed E-state index contributed by atoms with van der Waals surface area (Å²) in [5.41, 5.74) is 0. The van der Waals surface area contributed by atoms with Crippen molar-refractivity contribution in [1.29, 1.82) is 0 Å². The number of carbonyl (C=O) groups is 2. The summed E-state index contributed by atoms with van der Waals surface area (Å²) >= 11 is 0. The number of nitrogens with zero attached hydrogens (tertiary/aromatic N) is 1. The Morgan fingerprint density at radius 3 is 2.70 bits per heavy atom. The maximum atomic E-state index is 12.2. The van der Waals surface area contributed by atoms with Gasteiger partial charge in [0.1, 0.15) is 0 Å². The number of likely N-dealkylation sites (tertiary alicyclic amines) is 1. The number of rotatable bonds is 8. The van der Waals surface area contributed by atoms with E-state index in [-0.39, 0.29) is 18.4 Å². The van der Waals surface area contributed by atoms with Crippen LogP contribution in [0.15, 0.2) is 0 Å². The predicted molar refractivity (Wildman–Crippen MR) is 76.5 cm³/mol. The maximum absolute atomic E-state index is 12.2. The number of hydrogen-bond acceptors (Lipinski definition) is 3. The molecule has 0 aromatic rings. The van der Waals surface area contributed by atoms with Crippen LogP contribution in [0, 0.1) is 5.92 Å². The minimum Gasteiger partial charge on any atom is -0.481 e. The quantitative estimate of drug-likeness (QED) is 0.695. The van der Waals surface area contributed by atoms with E-state index in [9.17, 15) is 9.59 Å². The highest BCUT2D eigenvalue weighted by Crippen LogP contribution is 2.21. The van der Waals surface area contributed by atoms with Crippen molar-refractivity contribution < 1.29 is 19.4 Å². The second-order valence-electron chi connectivity index (χ2n) is 5.89. The van der Waals surface area contributed by atoms with Gasteiger partial charge >= 0.3 is 5.97 Å². The lowest BCUT2D eigenvalue weighted by Crippen LogP contribution is -2.44. The summed E-state index contributed by atoms with van der Waals surface area (Å²) in [7, 11) is 0. The van der Waals surface area contributed by atoms with Gasteiger partial charge in [0.25, 0.3) is 0 Å². The third-order valence-electron chi connectivity index (χ3n) is 3.55. The Bertz CT molecular complexity index is 317. The van der Waals surface area contributed by atoms with Crippen molar-refractivity contribution >= 4 is 11.9 Å². The van der Waals surface area contributed by atoms with Crippen LogP contribution in [0.1, 0.15) is 52.4 Å². The molecule has 0 radical (unpaired) electrons. The minimum atomic E-state index is -0.789. The van der Waals surface area contributed by atoms with Crippen molar-refractivity contribution in [3.05, 3.63) is 0 Å². The predicted octanol–water partition coefficient (Wildman–Crippen LogP) is 2.29. The van der Waals surface area contributed by atoms with Crippen LogP contribution >= 0.6 is 0 Å². The van der Waals surface area contributed by atoms with Crippen LogP contribution in [0.4, 0.5) is 0 Å². The normalized spacial score (nSPS) is 19.4. The molecule has 1 fully saturated rings. The third kappa shape index (κ3) is 6.37. The Hall–Kier alpha value is -1.10. The Morgan fingerprint density at radius 1 is 1.30 bits per heavy atom. The minimum absolute atomic E-state index is 0.0949. The van der Waals surface area contributed by atoms with E-state index >= 15 is 0 Å². The molecule has 1 saturated heterocycles. The molecule has 1 aliphatic heterocycles. The molecule has 1 aliphatic rings. The number of hydrogen-bond donors (Lipinski definition) is 1. The smallest absolute Gasteiger partial charge is 0.303 e. The first-order valence-corrected chi connectivity index (χ1v) is 7.59. The van der Waals surface area contributed by atoms with Crippen molar-refractivity contribution in [3.63, 3.8) is 0 Å². The van der Waals surface area contributed by atoms with Gasteiger partial charge in [0, 0.05) is 25.6 Å². The highest BCUT2D eigenvalue weighted by atomic mass is 16.5. The molecule has 1 amide bonds. The second-order valence-corrected chi connectivity index (χ2v) is 5.89. The van der Waals surface area contributed by atoms with Crippen LogP contribution in [-0.4, -0.2) is 47.7 Å². The zero-order valence-corrected chi connectivity index (χ0v) is 12.6. The van der Waals surface area contributed by atoms with E-state index in [1.54, 1.807) is 0 Å². The molecule has 116 valence electrons. The summed E-state index contributed by atoms with van der Waals surface area (Å²) in [6.07, 6.45) is 4.12. The number of carboxylic acid groups (broad SMARTS) is 1. The molecular weight excluding hydrogens is 258 g/mol. The van der Waals surface area contributed by atoms with Gasteiger partial charge in [-0.05, 0) is 31.6 Å². The summed E-state index contributed by atoms with van der Waals surface area (Å²) < 4.78 is 5.45. The van der Waals surface area contributed by atoms with Crippen molar-refractivity contribution in [2.75, 3.05) is 19.8 Å². The van der Waals surface area contributed by atoms with Gasteiger partial charge in [-0.1, -0.05) is 13.8 Å². The summed E-state index contributed by atoms with van der Waals surface area (Å²) in [5, 5.41) is 8.77. The van der Waals surface area contributed by atoms with E-state index in [0.29, 0.717) is 32.0 Å². The van der Waals surface area contributed by atoms with Crippen molar-refractivity contribution in [1.82, 2.24) is 4.90 Å². The molecule has 1 rings (SSSR count). The SMILES string of the molecule is CC(C)COCCC(=O)N1CCCC[C@H]1CCC(=O)O. The molecule has 1 heterocycles. The van der Waals surface area contributed by atoms with Gasteiger partial charge in [-0.25, -0.2) is 0 Å². The van der Waals surface area contributed by atoms with Crippen molar-refractivity contribution in [2.24, 2.45) is 5.92 Å². The molecule has 5 heteroatoms. The van der Waals surface area contributed by atoms with Crippen LogP contribution in [0.5, 0.6) is 0 Å². The molecule has 0 saturated carbocycles. The second kappa shape index (κ2) is 8.95. The van der Waals surface area contributed by atoms with Gasteiger partial charge in [0.05, 0.1) is 13.0 Å². The van der Waals surface area contributed by atoms with Crippen LogP contribution in [0.2, 0.25) is 0 Å². The molecule has 5 nitrogen and oxygen atoms in total. The van der Waals surface area contributed by atoms with E-state index in [0.717, 1.165) is 25.8 Å². The van der Waals surface area contributed by atoms with Gasteiger partial charge in [0.2, 0.25) is 5.91 Å². The molecule has 1 N–H and O–H groups in total. The fraction of sp³-hybridized carbons (Fsp3) is 0.867. The molecular formula is C15H27NO4. The Kier molecular flexibility index (Phi) is 7.59. The maximum Gasteiger partial charge on any atom is 0.303 e. The summed E-state index contributed by atoms with van der Waals surface area (Å²) in [6.45, 7) is 6.05. The Labute approximate surface area is 121 Å². The first kappa shape index (κ1) is 17.0. The van der Waals surface area contributed by atoms with E-state index < -0.39 is 5.97 Å². The van der Waals surface area contributed by atoms with Crippen molar-refractivity contribution in [2.45, 2.75) is 58.4 Å². The van der Waals surface area contributed by atoms with Crippen LogP contribution < -0.4 is 0 Å². The van der Waals surface area contributed by atoms with E-state index in [4.69, 9.17) is 9.84 Å². The van der Waals surface area contributed by atoms with E-state index in [1.807, 2.05) is 4.90 Å². The fourth-order valence-electron chi connectivity index (χ4n) is 2.54.